The molecule has 0 amide bonds. The Morgan fingerprint density at radius 1 is 1.24 bits per heavy atom. The maximum atomic E-state index is 13.0. The molecule has 3 nitrogen and oxygen atoms in total. The van der Waals surface area contributed by atoms with Gasteiger partial charge in [0.2, 0.25) is 0 Å². The van der Waals surface area contributed by atoms with Crippen molar-refractivity contribution in [3.8, 4) is 0 Å². The van der Waals surface area contributed by atoms with Crippen LogP contribution in [0.1, 0.15) is 0 Å². The number of nitrogens with two attached hydrogens (primary N) is 1. The first-order chi connectivity index (χ1) is 8.08. The highest BCUT2D eigenvalue weighted by molar-refractivity contribution is 6.39. The summed E-state index contributed by atoms with van der Waals surface area (Å²) in [7, 11) is 0. The van der Waals surface area contributed by atoms with Gasteiger partial charge in [-0.1, -0.05) is 23.2 Å². The van der Waals surface area contributed by atoms with Crippen molar-refractivity contribution in [3.05, 3.63) is 46.3 Å². The highest BCUT2D eigenvalue weighted by atomic mass is 35.5. The number of aromatic nitrogens is 1. The van der Waals surface area contributed by atoms with Crippen LogP contribution in [0, 0.1) is 5.82 Å². The van der Waals surface area contributed by atoms with Crippen LogP contribution in [0.5, 0.6) is 0 Å². The van der Waals surface area contributed by atoms with Crippen LogP contribution in [0.3, 0.4) is 0 Å². The average Bonchev–Trinajstić information content (AvgIpc) is 2.25. The van der Waals surface area contributed by atoms with Crippen molar-refractivity contribution < 1.29 is 4.39 Å². The number of nitrogen functional groups attached to an aromatic ring is 1. The molecule has 3 N–H and O–H groups in total. The van der Waals surface area contributed by atoms with Gasteiger partial charge in [0.15, 0.2) is 0 Å². The molecule has 1 aromatic heterocycles. The molecule has 0 radical (unpaired) electrons. The number of hydrogen-bond donors (Lipinski definition) is 2. The summed E-state index contributed by atoms with van der Waals surface area (Å²) in [6.45, 7) is 0. The Morgan fingerprint density at radius 2 is 1.88 bits per heavy atom. The van der Waals surface area contributed by atoms with Crippen molar-refractivity contribution >= 4 is 40.4 Å². The minimum absolute atomic E-state index is 0.179. The van der Waals surface area contributed by atoms with Gasteiger partial charge in [-0.25, -0.2) is 9.37 Å². The zero-order chi connectivity index (χ0) is 12.4. The molecule has 0 bridgehead atoms. The lowest BCUT2D eigenvalue weighted by molar-refractivity contribution is 0.628. The number of rotatable bonds is 2. The molecule has 0 spiro atoms. The molecular formula is C11H8Cl2FN3. The summed E-state index contributed by atoms with van der Waals surface area (Å²) in [6, 6.07) is 5.77. The van der Waals surface area contributed by atoms with E-state index in [9.17, 15) is 4.39 Å². The third kappa shape index (κ3) is 2.60. The smallest absolute Gasteiger partial charge is 0.147 e. The average molecular weight is 272 g/mol. The first-order valence-electron chi connectivity index (χ1n) is 4.70. The zero-order valence-electron chi connectivity index (χ0n) is 8.55. The lowest BCUT2D eigenvalue weighted by Gasteiger charge is -2.11. The van der Waals surface area contributed by atoms with E-state index < -0.39 is 5.82 Å². The Balaban J connectivity index is 2.40. The molecule has 0 aliphatic heterocycles. The SMILES string of the molecule is Nc1ncccc1Nc1c(Cl)cc(F)cc1Cl. The minimum Gasteiger partial charge on any atom is -0.382 e. The van der Waals surface area contributed by atoms with E-state index >= 15 is 0 Å². The number of halogens is 3. The van der Waals surface area contributed by atoms with Crippen LogP contribution in [-0.4, -0.2) is 4.98 Å². The number of pyridine rings is 1. The lowest BCUT2D eigenvalue weighted by atomic mass is 10.3. The van der Waals surface area contributed by atoms with E-state index in [0.717, 1.165) is 0 Å². The molecule has 0 unspecified atom stereocenters. The van der Waals surface area contributed by atoms with E-state index in [-0.39, 0.29) is 10.0 Å². The number of nitrogens with one attached hydrogen (secondary N) is 1. The highest BCUT2D eigenvalue weighted by Gasteiger charge is 2.10. The summed E-state index contributed by atoms with van der Waals surface area (Å²) in [6.07, 6.45) is 1.56. The summed E-state index contributed by atoms with van der Waals surface area (Å²) in [5.41, 5.74) is 6.62. The Bertz CT molecular complexity index is 537. The summed E-state index contributed by atoms with van der Waals surface area (Å²) < 4.78 is 13.0. The summed E-state index contributed by atoms with van der Waals surface area (Å²) in [5, 5.41) is 3.28. The Labute approximate surface area is 107 Å². The third-order valence-corrected chi connectivity index (χ3v) is 2.70. The van der Waals surface area contributed by atoms with Crippen LogP contribution < -0.4 is 11.1 Å². The monoisotopic (exact) mass is 271 g/mol. The van der Waals surface area contributed by atoms with Gasteiger partial charge in [-0.05, 0) is 24.3 Å². The van der Waals surface area contributed by atoms with Crippen LogP contribution in [0.25, 0.3) is 0 Å². The molecule has 1 aromatic carbocycles. The van der Waals surface area contributed by atoms with Gasteiger partial charge in [-0.15, -0.1) is 0 Å². The molecular weight excluding hydrogens is 264 g/mol. The van der Waals surface area contributed by atoms with Crippen LogP contribution in [0.15, 0.2) is 30.5 Å². The van der Waals surface area contributed by atoms with E-state index in [1.165, 1.54) is 12.1 Å². The van der Waals surface area contributed by atoms with Crippen LogP contribution in [0.4, 0.5) is 21.6 Å². The molecule has 0 saturated carbocycles. The quantitative estimate of drug-likeness (QED) is 0.872. The normalized spacial score (nSPS) is 10.3. The molecule has 2 rings (SSSR count). The number of anilines is 3. The second-order valence-electron chi connectivity index (χ2n) is 3.31. The number of benzene rings is 1. The van der Waals surface area contributed by atoms with Crippen molar-refractivity contribution in [2.75, 3.05) is 11.1 Å². The maximum Gasteiger partial charge on any atom is 0.147 e. The molecule has 0 atom stereocenters. The van der Waals surface area contributed by atoms with Crippen molar-refractivity contribution in [1.82, 2.24) is 4.98 Å². The van der Waals surface area contributed by atoms with Gasteiger partial charge < -0.3 is 11.1 Å². The molecule has 6 heteroatoms. The Morgan fingerprint density at radius 3 is 2.47 bits per heavy atom. The fourth-order valence-electron chi connectivity index (χ4n) is 1.32. The standard InChI is InChI=1S/C11H8Cl2FN3/c12-7-4-6(14)5-8(13)10(7)17-9-2-1-3-16-11(9)15/h1-5,17H,(H2,15,16). The van der Waals surface area contributed by atoms with Gasteiger partial charge >= 0.3 is 0 Å². The summed E-state index contributed by atoms with van der Waals surface area (Å²) in [5.74, 6) is -0.186. The van der Waals surface area contributed by atoms with E-state index in [1.54, 1.807) is 18.3 Å². The number of nitrogens with zero attached hydrogens (tertiary/aromatic N) is 1. The first kappa shape index (κ1) is 12.0. The maximum absolute atomic E-state index is 13.0. The Kier molecular flexibility index (Phi) is 3.36. The Hall–Kier alpha value is -1.52. The summed E-state index contributed by atoms with van der Waals surface area (Å²) in [4.78, 5) is 3.91. The molecule has 0 aliphatic rings. The van der Waals surface area contributed by atoms with Gasteiger partial charge in [0.1, 0.15) is 11.6 Å². The third-order valence-electron chi connectivity index (χ3n) is 2.11. The molecule has 88 valence electrons. The van der Waals surface area contributed by atoms with Crippen molar-refractivity contribution in [2.24, 2.45) is 0 Å². The zero-order valence-corrected chi connectivity index (χ0v) is 10.1. The van der Waals surface area contributed by atoms with Crippen molar-refractivity contribution in [2.45, 2.75) is 0 Å². The predicted octanol–water partition coefficient (Wildman–Crippen LogP) is 3.85. The van der Waals surface area contributed by atoms with Crippen LogP contribution >= 0.6 is 23.2 Å². The van der Waals surface area contributed by atoms with E-state index in [4.69, 9.17) is 28.9 Å². The molecule has 2 aromatic rings. The van der Waals surface area contributed by atoms with Gasteiger partial charge in [0.25, 0.3) is 0 Å². The van der Waals surface area contributed by atoms with Gasteiger partial charge in [-0.3, -0.25) is 0 Å². The highest BCUT2D eigenvalue weighted by Crippen LogP contribution is 2.34. The van der Waals surface area contributed by atoms with Gasteiger partial charge in [0, 0.05) is 6.20 Å². The fraction of sp³-hybridized carbons (Fsp3) is 0. The minimum atomic E-state index is -0.496. The second kappa shape index (κ2) is 4.77. The van der Waals surface area contributed by atoms with Gasteiger partial charge in [0.05, 0.1) is 21.4 Å². The first-order valence-corrected chi connectivity index (χ1v) is 5.45. The van der Waals surface area contributed by atoms with Crippen LogP contribution in [-0.2, 0) is 0 Å². The summed E-state index contributed by atoms with van der Waals surface area (Å²) >= 11 is 11.8. The van der Waals surface area contributed by atoms with E-state index in [0.29, 0.717) is 17.2 Å². The lowest BCUT2D eigenvalue weighted by Crippen LogP contribution is -1.99. The number of hydrogen-bond acceptors (Lipinski definition) is 3. The van der Waals surface area contributed by atoms with Crippen molar-refractivity contribution in [1.29, 1.82) is 0 Å². The van der Waals surface area contributed by atoms with Crippen LogP contribution in [0.2, 0.25) is 10.0 Å². The topological polar surface area (TPSA) is 50.9 Å². The molecule has 0 saturated heterocycles. The predicted molar refractivity (Wildman–Crippen MR) is 68.4 cm³/mol. The molecule has 0 fully saturated rings. The van der Waals surface area contributed by atoms with E-state index in [2.05, 4.69) is 10.3 Å². The van der Waals surface area contributed by atoms with E-state index in [1.807, 2.05) is 0 Å². The fourth-order valence-corrected chi connectivity index (χ4v) is 1.87. The molecule has 0 aliphatic carbocycles. The van der Waals surface area contributed by atoms with Gasteiger partial charge in [-0.2, -0.15) is 0 Å². The molecule has 1 heterocycles. The van der Waals surface area contributed by atoms with Crippen molar-refractivity contribution in [3.63, 3.8) is 0 Å². The largest absolute Gasteiger partial charge is 0.382 e. The second-order valence-corrected chi connectivity index (χ2v) is 4.12. The molecule has 17 heavy (non-hydrogen) atoms.